The smallest absolute Gasteiger partial charge is 0.222 e. The van der Waals surface area contributed by atoms with Gasteiger partial charge in [0.1, 0.15) is 0 Å². The fourth-order valence-corrected chi connectivity index (χ4v) is 8.54. The maximum absolute atomic E-state index is 12.3. The van der Waals surface area contributed by atoms with Gasteiger partial charge in [0.05, 0.1) is 0 Å². The predicted octanol–water partition coefficient (Wildman–Crippen LogP) is 6.29. The Balaban J connectivity index is 1.46. The van der Waals surface area contributed by atoms with Gasteiger partial charge in [-0.05, 0) is 105 Å². The van der Waals surface area contributed by atoms with Crippen LogP contribution >= 0.6 is 0 Å². The Bertz CT molecular complexity index is 559. The van der Waals surface area contributed by atoms with E-state index in [2.05, 4.69) is 20.8 Å². The molecule has 2 heteroatoms. The molecule has 0 aliphatic heterocycles. The Labute approximate surface area is 167 Å². The lowest BCUT2D eigenvalue weighted by Crippen LogP contribution is -2.52. The van der Waals surface area contributed by atoms with Crippen molar-refractivity contribution in [3.8, 4) is 0 Å². The quantitative estimate of drug-likeness (QED) is 0.567. The molecule has 0 aromatic rings. The molecule has 1 amide bonds. The molecular weight excluding hydrogens is 330 g/mol. The summed E-state index contributed by atoms with van der Waals surface area (Å²) in [6.07, 6.45) is 16.6. The third kappa shape index (κ3) is 3.18. The van der Waals surface area contributed by atoms with E-state index in [1.807, 2.05) is 11.9 Å². The van der Waals surface area contributed by atoms with E-state index in [0.29, 0.717) is 16.7 Å². The van der Waals surface area contributed by atoms with E-state index in [1.54, 1.807) is 0 Å². The lowest BCUT2D eigenvalue weighted by molar-refractivity contribution is -0.130. The minimum Gasteiger partial charge on any atom is -0.346 e. The van der Waals surface area contributed by atoms with Gasteiger partial charge in [0.15, 0.2) is 0 Å². The van der Waals surface area contributed by atoms with E-state index in [-0.39, 0.29) is 0 Å². The molecule has 154 valence electrons. The molecule has 2 unspecified atom stereocenters. The SMILES string of the molecule is CCN(C)C(=O)CCC1CC[C@H]2[C@@H]3CCC4CCCC[C@]4(C)[C@@H]3CC[C@]12C. The average Bonchev–Trinajstić information content (AvgIpc) is 3.01. The monoisotopic (exact) mass is 373 g/mol. The van der Waals surface area contributed by atoms with Crippen molar-refractivity contribution in [2.45, 2.75) is 97.8 Å². The van der Waals surface area contributed by atoms with Gasteiger partial charge in [-0.15, -0.1) is 0 Å². The first-order valence-electron chi connectivity index (χ1n) is 12.1. The van der Waals surface area contributed by atoms with Gasteiger partial charge >= 0.3 is 0 Å². The van der Waals surface area contributed by atoms with Gasteiger partial charge in [0.25, 0.3) is 0 Å². The zero-order valence-electron chi connectivity index (χ0n) is 18.4. The van der Waals surface area contributed by atoms with Crippen molar-refractivity contribution < 1.29 is 4.79 Å². The van der Waals surface area contributed by atoms with Crippen molar-refractivity contribution in [3.05, 3.63) is 0 Å². The standard InChI is InChI=1S/C25H43NO/c1-5-26(4)23(27)14-11-19-10-13-21-20-12-9-18-8-6-7-16-24(18,2)22(20)15-17-25(19,21)3/h18-22H,5-17H2,1-4H3/t18?,19?,20-,21-,22+,24-,25+/m0/s1. The van der Waals surface area contributed by atoms with Crippen LogP contribution in [0, 0.1) is 40.4 Å². The summed E-state index contributed by atoms with van der Waals surface area (Å²) in [5.74, 6) is 5.10. The highest BCUT2D eigenvalue weighted by molar-refractivity contribution is 5.75. The molecule has 4 fully saturated rings. The van der Waals surface area contributed by atoms with Crippen LogP contribution in [0.2, 0.25) is 0 Å². The molecule has 0 spiro atoms. The highest BCUT2D eigenvalue weighted by atomic mass is 16.2. The highest BCUT2D eigenvalue weighted by Crippen LogP contribution is 2.67. The number of fused-ring (bicyclic) bond motifs is 5. The van der Waals surface area contributed by atoms with Gasteiger partial charge < -0.3 is 4.90 Å². The fourth-order valence-electron chi connectivity index (χ4n) is 8.54. The van der Waals surface area contributed by atoms with Crippen molar-refractivity contribution >= 4 is 5.91 Å². The molecule has 7 atom stereocenters. The molecule has 0 aromatic carbocycles. The lowest BCUT2D eigenvalue weighted by atomic mass is 9.45. The Morgan fingerprint density at radius 2 is 1.70 bits per heavy atom. The van der Waals surface area contributed by atoms with Crippen molar-refractivity contribution in [1.29, 1.82) is 0 Å². The molecule has 4 rings (SSSR count). The van der Waals surface area contributed by atoms with Crippen LogP contribution < -0.4 is 0 Å². The van der Waals surface area contributed by atoms with Crippen LogP contribution in [0.3, 0.4) is 0 Å². The third-order valence-electron chi connectivity index (χ3n) is 10.4. The average molecular weight is 374 g/mol. The summed E-state index contributed by atoms with van der Waals surface area (Å²) in [4.78, 5) is 14.2. The number of carbonyl (C=O) groups is 1. The number of rotatable bonds is 4. The third-order valence-corrected chi connectivity index (χ3v) is 10.4. The zero-order valence-corrected chi connectivity index (χ0v) is 18.4. The highest BCUT2D eigenvalue weighted by Gasteiger charge is 2.59. The van der Waals surface area contributed by atoms with E-state index in [4.69, 9.17) is 0 Å². The van der Waals surface area contributed by atoms with Gasteiger partial charge in [0, 0.05) is 20.0 Å². The second-order valence-electron chi connectivity index (χ2n) is 11.2. The van der Waals surface area contributed by atoms with Gasteiger partial charge in [-0.1, -0.05) is 26.7 Å². The van der Waals surface area contributed by atoms with Crippen molar-refractivity contribution in [3.63, 3.8) is 0 Å². The van der Waals surface area contributed by atoms with E-state index >= 15 is 0 Å². The van der Waals surface area contributed by atoms with E-state index in [0.717, 1.165) is 49.0 Å². The van der Waals surface area contributed by atoms with Crippen molar-refractivity contribution in [2.75, 3.05) is 13.6 Å². The van der Waals surface area contributed by atoms with Gasteiger partial charge in [-0.25, -0.2) is 0 Å². The first-order chi connectivity index (χ1) is 12.9. The zero-order chi connectivity index (χ0) is 19.2. The summed E-state index contributed by atoms with van der Waals surface area (Å²) in [6.45, 7) is 8.22. The summed E-state index contributed by atoms with van der Waals surface area (Å²) in [5.41, 5.74) is 1.17. The molecule has 4 aliphatic rings. The molecule has 0 aromatic heterocycles. The van der Waals surface area contributed by atoms with Crippen LogP contribution in [0.4, 0.5) is 0 Å². The second kappa shape index (κ2) is 7.38. The molecule has 0 N–H and O–H groups in total. The van der Waals surface area contributed by atoms with E-state index in [1.165, 1.54) is 64.2 Å². The minimum absolute atomic E-state index is 0.355. The molecule has 0 bridgehead atoms. The number of amides is 1. The molecular formula is C25H43NO. The maximum atomic E-state index is 12.3. The number of carbonyl (C=O) groups excluding carboxylic acids is 1. The first-order valence-corrected chi connectivity index (χ1v) is 12.1. The Morgan fingerprint density at radius 3 is 2.48 bits per heavy atom. The van der Waals surface area contributed by atoms with Crippen LogP contribution in [0.15, 0.2) is 0 Å². The van der Waals surface area contributed by atoms with Crippen LogP contribution in [0.25, 0.3) is 0 Å². The van der Waals surface area contributed by atoms with Crippen LogP contribution in [0.1, 0.15) is 97.8 Å². The van der Waals surface area contributed by atoms with Crippen molar-refractivity contribution in [2.24, 2.45) is 40.4 Å². The summed E-state index contributed by atoms with van der Waals surface area (Å²) >= 11 is 0. The summed E-state index contributed by atoms with van der Waals surface area (Å²) in [7, 11) is 1.95. The molecule has 2 nitrogen and oxygen atoms in total. The summed E-state index contributed by atoms with van der Waals surface area (Å²) in [6, 6.07) is 0. The Morgan fingerprint density at radius 1 is 0.926 bits per heavy atom. The summed E-state index contributed by atoms with van der Waals surface area (Å²) < 4.78 is 0. The first kappa shape index (κ1) is 19.8. The lowest BCUT2D eigenvalue weighted by Gasteiger charge is -2.60. The molecule has 0 radical (unpaired) electrons. The number of hydrogen-bond donors (Lipinski definition) is 0. The van der Waals surface area contributed by atoms with E-state index < -0.39 is 0 Å². The van der Waals surface area contributed by atoms with Gasteiger partial charge in [0.2, 0.25) is 5.91 Å². The topological polar surface area (TPSA) is 20.3 Å². The molecule has 0 saturated heterocycles. The van der Waals surface area contributed by atoms with Crippen molar-refractivity contribution in [1.82, 2.24) is 4.90 Å². The molecule has 4 aliphatic carbocycles. The molecule has 4 saturated carbocycles. The molecule has 0 heterocycles. The molecule has 27 heavy (non-hydrogen) atoms. The fraction of sp³-hybridized carbons (Fsp3) is 0.960. The maximum Gasteiger partial charge on any atom is 0.222 e. The Hall–Kier alpha value is -0.530. The second-order valence-corrected chi connectivity index (χ2v) is 11.2. The van der Waals surface area contributed by atoms with Crippen LogP contribution in [0.5, 0.6) is 0 Å². The predicted molar refractivity (Wildman–Crippen MR) is 112 cm³/mol. The van der Waals surface area contributed by atoms with Crippen LogP contribution in [-0.2, 0) is 4.79 Å². The number of nitrogens with zero attached hydrogens (tertiary/aromatic N) is 1. The largest absolute Gasteiger partial charge is 0.346 e. The van der Waals surface area contributed by atoms with Gasteiger partial charge in [-0.2, -0.15) is 0 Å². The van der Waals surface area contributed by atoms with Gasteiger partial charge in [-0.3, -0.25) is 4.79 Å². The number of hydrogen-bond acceptors (Lipinski definition) is 1. The van der Waals surface area contributed by atoms with Crippen LogP contribution in [-0.4, -0.2) is 24.4 Å². The normalized spacial score (nSPS) is 46.3. The van der Waals surface area contributed by atoms with E-state index in [9.17, 15) is 4.79 Å². The summed E-state index contributed by atoms with van der Waals surface area (Å²) in [5, 5.41) is 0. The Kier molecular flexibility index (Phi) is 5.40. The minimum atomic E-state index is 0.355.